The predicted molar refractivity (Wildman–Crippen MR) is 141 cm³/mol. The maximum Gasteiger partial charge on any atom is 0.343 e. The number of amidine groups is 1. The summed E-state index contributed by atoms with van der Waals surface area (Å²) in [5.74, 6) is -3.99. The summed E-state index contributed by atoms with van der Waals surface area (Å²) < 4.78 is 15.3. The third-order valence-corrected chi connectivity index (χ3v) is 5.23. The van der Waals surface area contributed by atoms with Gasteiger partial charge in [-0.25, -0.2) is 4.79 Å². The maximum absolute atomic E-state index is 12.6. The Morgan fingerprint density at radius 3 is 2.05 bits per heavy atom. The number of ether oxygens (including phenoxy) is 3. The molecule has 0 spiro atoms. The van der Waals surface area contributed by atoms with E-state index in [1.165, 1.54) is 18.2 Å². The van der Waals surface area contributed by atoms with E-state index in [1.54, 1.807) is 70.2 Å². The molecule has 2 aromatic rings. The average molecular weight is 522 g/mol. The molecule has 200 valence electrons. The number of aryl methyl sites for hydroxylation is 1. The highest BCUT2D eigenvalue weighted by atomic mass is 16.6. The summed E-state index contributed by atoms with van der Waals surface area (Å²) in [6.07, 6.45) is 4.22. The molecule has 0 unspecified atom stereocenters. The number of hydrogen-bond donors (Lipinski definition) is 3. The van der Waals surface area contributed by atoms with Gasteiger partial charge >= 0.3 is 17.9 Å². The van der Waals surface area contributed by atoms with Crippen LogP contribution in [0.5, 0.6) is 5.75 Å². The summed E-state index contributed by atoms with van der Waals surface area (Å²) in [7, 11) is 0. The fourth-order valence-electron chi connectivity index (χ4n) is 3.32. The van der Waals surface area contributed by atoms with E-state index in [2.05, 4.69) is 5.32 Å². The number of amides is 1. The van der Waals surface area contributed by atoms with Crippen LogP contribution in [0.15, 0.2) is 60.3 Å². The molecule has 0 fully saturated rings. The number of nitrogens with one attached hydrogen (secondary N) is 2. The Morgan fingerprint density at radius 1 is 0.974 bits per heavy atom. The van der Waals surface area contributed by atoms with Crippen LogP contribution in [-0.2, 0) is 23.9 Å². The summed E-state index contributed by atoms with van der Waals surface area (Å²) in [5.41, 5.74) is 7.66. The van der Waals surface area contributed by atoms with Crippen LogP contribution >= 0.6 is 0 Å². The molecule has 2 rings (SSSR count). The number of nitrogens with two attached hydrogens (primary N) is 1. The molecule has 4 N–H and O–H groups in total. The van der Waals surface area contributed by atoms with Gasteiger partial charge in [0.05, 0.1) is 18.8 Å². The molecule has 10 heteroatoms. The fraction of sp³-hybridized carbons (Fsp3) is 0.250. The minimum atomic E-state index is -1.41. The molecule has 1 amide bonds. The molecule has 0 heterocycles. The number of carbonyl (C=O) groups excluding carboxylic acids is 4. The van der Waals surface area contributed by atoms with Crippen molar-refractivity contribution < 1.29 is 33.4 Å². The second kappa shape index (κ2) is 14.1. The van der Waals surface area contributed by atoms with Gasteiger partial charge in [-0.05, 0) is 81.3 Å². The summed E-state index contributed by atoms with van der Waals surface area (Å²) in [6, 6.07) is 11.1. The average Bonchev–Trinajstić information content (AvgIpc) is 2.88. The Labute approximate surface area is 221 Å². The standard InChI is InChI=1S/C28H31N3O7/c1-5-22(24(27(34)36-6-2)28(35)37-7-3)31-23(32)15-12-18-8-9-20(16-17(18)4)26(33)38-21-13-10-19(11-14-21)25(29)30/h5,8-16,24H,6-7H2,1-4H3,(H3,29,30)(H,31,32)/b15-12+,22-5-. The Balaban J connectivity index is 2.10. The van der Waals surface area contributed by atoms with Gasteiger partial charge in [-0.1, -0.05) is 12.1 Å². The monoisotopic (exact) mass is 521 g/mol. The molecule has 0 atom stereocenters. The first kappa shape index (κ1) is 29.5. The van der Waals surface area contributed by atoms with Crippen molar-refractivity contribution in [3.8, 4) is 5.75 Å². The van der Waals surface area contributed by atoms with Crippen molar-refractivity contribution in [2.45, 2.75) is 27.7 Å². The van der Waals surface area contributed by atoms with Crippen molar-refractivity contribution in [3.63, 3.8) is 0 Å². The molecular weight excluding hydrogens is 490 g/mol. The fourth-order valence-corrected chi connectivity index (χ4v) is 3.32. The van der Waals surface area contributed by atoms with Gasteiger partial charge < -0.3 is 25.3 Å². The highest BCUT2D eigenvalue weighted by Gasteiger charge is 2.33. The molecule has 0 aliphatic rings. The Morgan fingerprint density at radius 2 is 1.55 bits per heavy atom. The molecule has 0 aliphatic heterocycles. The third kappa shape index (κ3) is 8.16. The summed E-state index contributed by atoms with van der Waals surface area (Å²) >= 11 is 0. The Kier molecular flexibility index (Phi) is 11.0. The van der Waals surface area contributed by atoms with Crippen molar-refractivity contribution >= 4 is 35.7 Å². The van der Waals surface area contributed by atoms with Crippen LogP contribution in [0.1, 0.15) is 47.8 Å². The molecule has 2 aromatic carbocycles. The van der Waals surface area contributed by atoms with Crippen LogP contribution in [0.2, 0.25) is 0 Å². The largest absolute Gasteiger partial charge is 0.465 e. The molecule has 0 saturated carbocycles. The van der Waals surface area contributed by atoms with Crippen LogP contribution in [-0.4, -0.2) is 42.9 Å². The lowest BCUT2D eigenvalue weighted by Crippen LogP contribution is -2.36. The van der Waals surface area contributed by atoms with Gasteiger partial charge in [-0.3, -0.25) is 19.8 Å². The van der Waals surface area contributed by atoms with E-state index in [1.807, 2.05) is 0 Å². The van der Waals surface area contributed by atoms with Gasteiger partial charge in [0.25, 0.3) is 0 Å². The number of rotatable bonds is 11. The number of esters is 3. The quantitative estimate of drug-likeness (QED) is 0.101. The van der Waals surface area contributed by atoms with Crippen LogP contribution in [0.4, 0.5) is 0 Å². The molecular formula is C28H31N3O7. The smallest absolute Gasteiger partial charge is 0.343 e. The minimum absolute atomic E-state index is 0.0442. The highest BCUT2D eigenvalue weighted by Crippen LogP contribution is 2.18. The third-order valence-electron chi connectivity index (χ3n) is 5.23. The van der Waals surface area contributed by atoms with Crippen molar-refractivity contribution in [2.24, 2.45) is 11.7 Å². The second-order valence-corrected chi connectivity index (χ2v) is 7.90. The lowest BCUT2D eigenvalue weighted by molar-refractivity contribution is -0.159. The van der Waals surface area contributed by atoms with Crippen molar-refractivity contribution in [1.82, 2.24) is 5.32 Å². The zero-order valence-corrected chi connectivity index (χ0v) is 21.7. The van der Waals surface area contributed by atoms with E-state index >= 15 is 0 Å². The topological polar surface area (TPSA) is 158 Å². The first-order chi connectivity index (χ1) is 18.1. The van der Waals surface area contributed by atoms with Gasteiger partial charge in [-0.2, -0.15) is 0 Å². The van der Waals surface area contributed by atoms with Gasteiger partial charge in [0, 0.05) is 17.3 Å². The van der Waals surface area contributed by atoms with Gasteiger partial charge in [0.1, 0.15) is 11.6 Å². The van der Waals surface area contributed by atoms with Crippen LogP contribution in [0.3, 0.4) is 0 Å². The highest BCUT2D eigenvalue weighted by molar-refractivity contribution is 6.01. The molecule has 0 saturated heterocycles. The molecule has 0 aliphatic carbocycles. The van der Waals surface area contributed by atoms with Crippen LogP contribution < -0.4 is 15.8 Å². The minimum Gasteiger partial charge on any atom is -0.465 e. The van der Waals surface area contributed by atoms with E-state index in [-0.39, 0.29) is 24.7 Å². The van der Waals surface area contributed by atoms with E-state index in [0.717, 1.165) is 0 Å². The molecule has 10 nitrogen and oxygen atoms in total. The number of hydrogen-bond acceptors (Lipinski definition) is 8. The van der Waals surface area contributed by atoms with Crippen LogP contribution in [0, 0.1) is 18.3 Å². The van der Waals surface area contributed by atoms with E-state index < -0.39 is 29.7 Å². The predicted octanol–water partition coefficient (Wildman–Crippen LogP) is 3.27. The van der Waals surface area contributed by atoms with E-state index in [9.17, 15) is 19.2 Å². The molecule has 0 aromatic heterocycles. The maximum atomic E-state index is 12.6. The molecule has 38 heavy (non-hydrogen) atoms. The van der Waals surface area contributed by atoms with Crippen molar-refractivity contribution in [1.29, 1.82) is 5.41 Å². The number of allylic oxidation sites excluding steroid dienone is 1. The van der Waals surface area contributed by atoms with Crippen molar-refractivity contribution in [3.05, 3.63) is 82.6 Å². The van der Waals surface area contributed by atoms with Gasteiger partial charge in [0.15, 0.2) is 5.92 Å². The number of nitrogen functional groups attached to an aromatic ring is 1. The Hall–Kier alpha value is -4.73. The zero-order valence-electron chi connectivity index (χ0n) is 21.7. The Bertz CT molecular complexity index is 1250. The first-order valence-electron chi connectivity index (χ1n) is 11.9. The first-order valence-corrected chi connectivity index (χ1v) is 11.9. The SMILES string of the molecule is C/C=C(\NC(=O)/C=C/c1ccc(C(=O)Oc2ccc(C(=N)N)cc2)cc1C)C(C(=O)OCC)C(=O)OCC. The number of carbonyl (C=O) groups is 4. The zero-order chi connectivity index (χ0) is 28.2. The number of benzene rings is 2. The summed E-state index contributed by atoms with van der Waals surface area (Å²) in [6.45, 7) is 6.69. The van der Waals surface area contributed by atoms with E-state index in [0.29, 0.717) is 28.0 Å². The lowest BCUT2D eigenvalue weighted by Gasteiger charge is -2.17. The second-order valence-electron chi connectivity index (χ2n) is 7.90. The van der Waals surface area contributed by atoms with Gasteiger partial charge in [-0.15, -0.1) is 0 Å². The summed E-state index contributed by atoms with van der Waals surface area (Å²) in [4.78, 5) is 49.7. The summed E-state index contributed by atoms with van der Waals surface area (Å²) in [5, 5.41) is 9.95. The van der Waals surface area contributed by atoms with Crippen LogP contribution in [0.25, 0.3) is 6.08 Å². The van der Waals surface area contributed by atoms with E-state index in [4.69, 9.17) is 25.4 Å². The molecule has 0 bridgehead atoms. The van der Waals surface area contributed by atoms with Gasteiger partial charge in [0.2, 0.25) is 5.91 Å². The lowest BCUT2D eigenvalue weighted by atomic mass is 10.0. The molecule has 0 radical (unpaired) electrons. The normalized spacial score (nSPS) is 11.2. The van der Waals surface area contributed by atoms with Crippen molar-refractivity contribution in [2.75, 3.05) is 13.2 Å².